The molecule has 9 heteroatoms. The van der Waals surface area contributed by atoms with Gasteiger partial charge < -0.3 is 9.84 Å². The lowest BCUT2D eigenvalue weighted by Crippen LogP contribution is -2.62. The molecule has 194 valence electrons. The summed E-state index contributed by atoms with van der Waals surface area (Å²) in [6, 6.07) is 0. The van der Waals surface area contributed by atoms with Crippen molar-refractivity contribution >= 4 is 51.2 Å². The van der Waals surface area contributed by atoms with Crippen molar-refractivity contribution in [2.45, 2.75) is 83.3 Å². The summed E-state index contributed by atoms with van der Waals surface area (Å²) >= 11 is 2.96. The lowest BCUT2D eigenvalue weighted by molar-refractivity contribution is -0.180. The maximum Gasteiger partial charge on any atom is 0.312 e. The van der Waals surface area contributed by atoms with E-state index in [0.717, 1.165) is 11.8 Å². The molecule has 0 amide bonds. The highest BCUT2D eigenvalue weighted by Gasteiger charge is 2.69. The Morgan fingerprint density at radius 3 is 2.66 bits per heavy atom. The summed E-state index contributed by atoms with van der Waals surface area (Å²) in [4.78, 5) is 37.2. The number of ether oxygens (including phenoxy) is 1. The van der Waals surface area contributed by atoms with E-state index < -0.39 is 57.3 Å². The number of hydrogen-bond donors (Lipinski definition) is 1. The first kappa shape index (κ1) is 27.2. The highest BCUT2D eigenvalue weighted by molar-refractivity contribution is 14.1. The van der Waals surface area contributed by atoms with Gasteiger partial charge in [0, 0.05) is 16.7 Å². The highest BCUT2D eigenvalue weighted by Crippen LogP contribution is 2.68. The molecule has 2 unspecified atom stereocenters. The molecule has 0 aromatic heterocycles. The van der Waals surface area contributed by atoms with E-state index in [2.05, 4.69) is 0 Å². The smallest absolute Gasteiger partial charge is 0.312 e. The molecule has 4 aliphatic rings. The minimum atomic E-state index is -1.86. The van der Waals surface area contributed by atoms with Crippen LogP contribution in [0.4, 0.5) is 8.78 Å². The summed E-state index contributed by atoms with van der Waals surface area (Å²) in [6.07, 6.45) is 4.02. The van der Waals surface area contributed by atoms with E-state index in [1.807, 2.05) is 29.5 Å². The molecule has 0 spiro atoms. The summed E-state index contributed by atoms with van der Waals surface area (Å²) in [6.45, 7) is 6.50. The Labute approximate surface area is 223 Å². The van der Waals surface area contributed by atoms with E-state index in [1.54, 1.807) is 13.0 Å². The molecule has 0 saturated heterocycles. The molecule has 0 radical (unpaired) electrons. The van der Waals surface area contributed by atoms with E-state index in [-0.39, 0.29) is 30.1 Å². The van der Waals surface area contributed by atoms with Gasteiger partial charge in [0.2, 0.25) is 5.12 Å². The molecule has 0 heterocycles. The van der Waals surface area contributed by atoms with Crippen molar-refractivity contribution in [3.8, 4) is 0 Å². The van der Waals surface area contributed by atoms with Crippen LogP contribution >= 0.6 is 34.4 Å². The SMILES string of the molecule is CC(C(=O)O[C@@H]1CC[C@H]2[C@@H]3C[C@H](F)C4=CC(=O)C=C[C@]4(C)[C@@]3(F)CC[C@]12C)C(C)(O)C(=O)SCI. The molecule has 3 saturated carbocycles. The van der Waals surface area contributed by atoms with Crippen LogP contribution < -0.4 is 0 Å². The fourth-order valence-corrected chi connectivity index (χ4v) is 8.48. The topological polar surface area (TPSA) is 80.7 Å². The second-order valence-corrected chi connectivity index (χ2v) is 14.0. The molecule has 4 rings (SSSR count). The Morgan fingerprint density at radius 2 is 2.00 bits per heavy atom. The zero-order chi connectivity index (χ0) is 26.0. The van der Waals surface area contributed by atoms with E-state index in [0.29, 0.717) is 23.0 Å². The molecule has 3 fully saturated rings. The van der Waals surface area contributed by atoms with Crippen molar-refractivity contribution in [3.05, 3.63) is 23.8 Å². The standard InChI is InChI=1S/C26H33F2IO5S/c1-14(25(4,33)22(32)35-13-29)21(31)34-20-6-5-16-17-12-19(27)18-11-15(30)7-8-24(18,3)26(17,28)10-9-23(16,20)2/h7-8,11,14,16-17,19-20,33H,5-6,9-10,12-13H2,1-4H3/t14?,16-,17-,19-,20+,23-,24-,25?,26+/m0/s1. The summed E-state index contributed by atoms with van der Waals surface area (Å²) in [5.74, 6) is -2.77. The first-order valence-electron chi connectivity index (χ1n) is 12.2. The van der Waals surface area contributed by atoms with E-state index in [9.17, 15) is 19.5 Å². The first-order chi connectivity index (χ1) is 16.2. The first-order valence-corrected chi connectivity index (χ1v) is 14.7. The van der Waals surface area contributed by atoms with Crippen molar-refractivity contribution in [1.82, 2.24) is 0 Å². The van der Waals surface area contributed by atoms with Crippen molar-refractivity contribution in [2.75, 3.05) is 3.76 Å². The summed E-state index contributed by atoms with van der Waals surface area (Å²) in [5, 5.41) is 10.2. The van der Waals surface area contributed by atoms with E-state index >= 15 is 8.78 Å². The lowest BCUT2D eigenvalue weighted by atomic mass is 9.46. The Kier molecular flexibility index (Phi) is 7.15. The maximum atomic E-state index is 16.9. The number of hydrogen-bond acceptors (Lipinski definition) is 6. The predicted molar refractivity (Wildman–Crippen MR) is 138 cm³/mol. The number of alkyl halides is 3. The van der Waals surface area contributed by atoms with E-state index in [1.165, 1.54) is 26.0 Å². The van der Waals surface area contributed by atoms with Gasteiger partial charge in [-0.05, 0) is 76.5 Å². The van der Waals surface area contributed by atoms with Gasteiger partial charge in [-0.2, -0.15) is 0 Å². The molecule has 9 atom stereocenters. The van der Waals surface area contributed by atoms with Crippen LogP contribution in [0, 0.1) is 28.6 Å². The van der Waals surface area contributed by atoms with Crippen LogP contribution in [-0.4, -0.2) is 49.3 Å². The molecule has 0 aromatic carbocycles. The third-order valence-electron chi connectivity index (χ3n) is 9.62. The Balaban J connectivity index is 1.56. The fourth-order valence-electron chi connectivity index (χ4n) is 7.07. The van der Waals surface area contributed by atoms with Gasteiger partial charge in [-0.25, -0.2) is 8.78 Å². The molecule has 0 aromatic rings. The number of esters is 1. The third kappa shape index (κ3) is 4.06. The Bertz CT molecular complexity index is 998. The predicted octanol–water partition coefficient (Wildman–Crippen LogP) is 5.29. The highest BCUT2D eigenvalue weighted by atomic mass is 127. The quantitative estimate of drug-likeness (QED) is 0.255. The van der Waals surface area contributed by atoms with Crippen molar-refractivity contribution < 1.29 is 33.0 Å². The number of thioether (sulfide) groups is 1. The molecule has 35 heavy (non-hydrogen) atoms. The number of carbonyl (C=O) groups excluding carboxylic acids is 3. The Hall–Kier alpha value is -0.810. The van der Waals surface area contributed by atoms with Crippen LogP contribution in [-0.2, 0) is 19.1 Å². The number of rotatable bonds is 5. The average molecular weight is 623 g/mol. The van der Waals surface area contributed by atoms with Gasteiger partial charge in [0.15, 0.2) is 5.78 Å². The number of halogens is 3. The summed E-state index contributed by atoms with van der Waals surface area (Å²) in [7, 11) is 0. The average Bonchev–Trinajstić information content (AvgIpc) is 3.12. The fraction of sp³-hybridized carbons (Fsp3) is 0.731. The van der Waals surface area contributed by atoms with Crippen molar-refractivity contribution in [1.29, 1.82) is 0 Å². The number of allylic oxidation sites excluding steroid dienone is 4. The Morgan fingerprint density at radius 1 is 1.31 bits per heavy atom. The molecule has 1 N–H and O–H groups in total. The maximum absolute atomic E-state index is 16.9. The minimum absolute atomic E-state index is 0.00705. The van der Waals surface area contributed by atoms with Crippen LogP contribution in [0.3, 0.4) is 0 Å². The third-order valence-corrected chi connectivity index (χ3v) is 11.3. The van der Waals surface area contributed by atoms with Crippen LogP contribution in [0.1, 0.15) is 59.8 Å². The van der Waals surface area contributed by atoms with Crippen LogP contribution in [0.2, 0.25) is 0 Å². The molecule has 4 aliphatic carbocycles. The molecule has 5 nitrogen and oxygen atoms in total. The second-order valence-electron chi connectivity index (χ2n) is 11.2. The number of fused-ring (bicyclic) bond motifs is 5. The van der Waals surface area contributed by atoms with Crippen LogP contribution in [0.15, 0.2) is 23.8 Å². The summed E-state index contributed by atoms with van der Waals surface area (Å²) in [5.41, 5.74) is -5.03. The number of ketones is 1. The van der Waals surface area contributed by atoms with Gasteiger partial charge in [-0.3, -0.25) is 14.4 Å². The summed E-state index contributed by atoms with van der Waals surface area (Å²) < 4.78 is 38.7. The minimum Gasteiger partial charge on any atom is -0.461 e. The molecular weight excluding hydrogens is 589 g/mol. The van der Waals surface area contributed by atoms with Crippen LogP contribution in [0.25, 0.3) is 0 Å². The van der Waals surface area contributed by atoms with Gasteiger partial charge in [0.25, 0.3) is 0 Å². The van der Waals surface area contributed by atoms with Gasteiger partial charge in [-0.1, -0.05) is 47.4 Å². The van der Waals surface area contributed by atoms with Gasteiger partial charge >= 0.3 is 5.97 Å². The lowest BCUT2D eigenvalue weighted by Gasteiger charge is -2.60. The van der Waals surface area contributed by atoms with Crippen molar-refractivity contribution in [2.24, 2.45) is 28.6 Å². The normalized spacial score (nSPS) is 42.7. The second kappa shape index (κ2) is 9.19. The molecular formula is C26H33F2IO5S. The number of carbonyl (C=O) groups is 3. The van der Waals surface area contributed by atoms with E-state index in [4.69, 9.17) is 4.74 Å². The number of aliphatic hydroxyl groups is 1. The van der Waals surface area contributed by atoms with Gasteiger partial charge in [0.05, 0.1) is 9.68 Å². The van der Waals surface area contributed by atoms with Crippen molar-refractivity contribution in [3.63, 3.8) is 0 Å². The zero-order valence-corrected chi connectivity index (χ0v) is 23.5. The van der Waals surface area contributed by atoms with Gasteiger partial charge in [0.1, 0.15) is 23.5 Å². The van der Waals surface area contributed by atoms with Crippen LogP contribution in [0.5, 0.6) is 0 Å². The largest absolute Gasteiger partial charge is 0.461 e. The van der Waals surface area contributed by atoms with Gasteiger partial charge in [-0.15, -0.1) is 0 Å². The molecule has 0 bridgehead atoms. The monoisotopic (exact) mass is 622 g/mol. The zero-order valence-electron chi connectivity index (χ0n) is 20.5. The molecule has 0 aliphatic heterocycles.